The highest BCUT2D eigenvalue weighted by molar-refractivity contribution is 5.90. The molecule has 0 bridgehead atoms. The molecule has 0 saturated carbocycles. The average Bonchev–Trinajstić information content (AvgIpc) is 3.05. The first-order valence-corrected chi connectivity index (χ1v) is 8.02. The van der Waals surface area contributed by atoms with E-state index in [1.165, 1.54) is 0 Å². The number of hydrogen-bond acceptors (Lipinski definition) is 4. The lowest BCUT2D eigenvalue weighted by atomic mass is 10.0. The van der Waals surface area contributed by atoms with Crippen LogP contribution in [0.5, 0.6) is 0 Å². The minimum absolute atomic E-state index is 0.246. The van der Waals surface area contributed by atoms with Crippen molar-refractivity contribution in [2.45, 2.75) is 6.42 Å². The van der Waals surface area contributed by atoms with E-state index in [0.29, 0.717) is 0 Å². The number of hydrogen-bond donors (Lipinski definition) is 2. The van der Waals surface area contributed by atoms with Gasteiger partial charge in [0.2, 0.25) is 0 Å². The van der Waals surface area contributed by atoms with E-state index in [1.54, 1.807) is 30.6 Å². The molecule has 25 heavy (non-hydrogen) atoms. The molecule has 6 nitrogen and oxygen atoms in total. The van der Waals surface area contributed by atoms with Crippen LogP contribution in [-0.2, 0) is 6.42 Å². The van der Waals surface area contributed by atoms with Crippen molar-refractivity contribution in [3.8, 4) is 22.5 Å². The number of carbonyl (C=O) groups is 1. The molecule has 0 spiro atoms. The van der Waals surface area contributed by atoms with Crippen LogP contribution in [0.25, 0.3) is 22.5 Å². The van der Waals surface area contributed by atoms with Crippen LogP contribution in [-0.4, -0.2) is 51.6 Å². The fraction of sp³-hybridized carbons (Fsp3) is 0.211. The summed E-state index contributed by atoms with van der Waals surface area (Å²) in [5.41, 5.74) is 3.62. The highest BCUT2D eigenvalue weighted by Gasteiger charge is 2.15. The van der Waals surface area contributed by atoms with Crippen molar-refractivity contribution in [2.24, 2.45) is 0 Å². The second-order valence-electron chi connectivity index (χ2n) is 6.08. The Balaban J connectivity index is 2.07. The topological polar surface area (TPSA) is 82.1 Å². The Kier molecular flexibility index (Phi) is 4.90. The molecule has 0 amide bonds. The number of rotatable bonds is 6. The van der Waals surface area contributed by atoms with Crippen LogP contribution in [0, 0.1) is 0 Å². The standard InChI is InChI=1S/C19H20N4O2/c1-23(2)11-8-16-21-17(13-6-9-20-10-7-13)18(22-16)14-4-3-5-15(12-14)19(24)25/h3-7,9-10,12H,8,11H2,1-2H3,(H,21,22)(H,24,25). The fourth-order valence-corrected chi connectivity index (χ4v) is 2.61. The third-order valence-corrected chi connectivity index (χ3v) is 3.90. The van der Waals surface area contributed by atoms with E-state index in [1.807, 2.05) is 32.3 Å². The van der Waals surface area contributed by atoms with Gasteiger partial charge in [-0.05, 0) is 38.4 Å². The lowest BCUT2D eigenvalue weighted by Gasteiger charge is -2.06. The van der Waals surface area contributed by atoms with E-state index in [0.717, 1.165) is 41.3 Å². The molecule has 3 aromatic rings. The molecule has 0 radical (unpaired) electrons. The first-order valence-electron chi connectivity index (χ1n) is 8.02. The van der Waals surface area contributed by atoms with Crippen LogP contribution >= 0.6 is 0 Å². The van der Waals surface area contributed by atoms with Gasteiger partial charge in [-0.1, -0.05) is 12.1 Å². The molecule has 128 valence electrons. The smallest absolute Gasteiger partial charge is 0.335 e. The first-order chi connectivity index (χ1) is 12.0. The van der Waals surface area contributed by atoms with Gasteiger partial charge >= 0.3 is 5.97 Å². The molecule has 3 rings (SSSR count). The average molecular weight is 336 g/mol. The Hall–Kier alpha value is -2.99. The minimum Gasteiger partial charge on any atom is -0.478 e. The molecule has 6 heteroatoms. The molecule has 2 heterocycles. The molecule has 1 aromatic carbocycles. The van der Waals surface area contributed by atoms with Crippen molar-refractivity contribution in [1.82, 2.24) is 19.9 Å². The van der Waals surface area contributed by atoms with Crippen molar-refractivity contribution in [3.63, 3.8) is 0 Å². The van der Waals surface area contributed by atoms with Crippen LogP contribution in [0.2, 0.25) is 0 Å². The SMILES string of the molecule is CN(C)CCc1nc(-c2cccc(C(=O)O)c2)c(-c2ccncc2)[nH]1. The molecular formula is C19H20N4O2. The highest BCUT2D eigenvalue weighted by atomic mass is 16.4. The summed E-state index contributed by atoms with van der Waals surface area (Å²) in [6.07, 6.45) is 4.24. The van der Waals surface area contributed by atoms with E-state index in [-0.39, 0.29) is 5.56 Å². The molecule has 0 aliphatic rings. The van der Waals surface area contributed by atoms with Crippen molar-refractivity contribution >= 4 is 5.97 Å². The molecule has 2 N–H and O–H groups in total. The number of likely N-dealkylation sites (N-methyl/N-ethyl adjacent to an activating group) is 1. The molecule has 0 aliphatic heterocycles. The van der Waals surface area contributed by atoms with Gasteiger partial charge in [0.25, 0.3) is 0 Å². The summed E-state index contributed by atoms with van der Waals surface area (Å²) in [6, 6.07) is 10.7. The number of pyridine rings is 1. The van der Waals surface area contributed by atoms with E-state index in [2.05, 4.69) is 14.9 Å². The number of aromatic carboxylic acids is 1. The van der Waals surface area contributed by atoms with E-state index in [4.69, 9.17) is 4.98 Å². The van der Waals surface area contributed by atoms with Crippen molar-refractivity contribution < 1.29 is 9.90 Å². The summed E-state index contributed by atoms with van der Waals surface area (Å²) in [7, 11) is 4.04. The summed E-state index contributed by atoms with van der Waals surface area (Å²) in [5.74, 6) is -0.0769. The molecule has 0 atom stereocenters. The number of imidazole rings is 1. The summed E-state index contributed by atoms with van der Waals surface area (Å²) >= 11 is 0. The van der Waals surface area contributed by atoms with Gasteiger partial charge in [0.05, 0.1) is 17.0 Å². The van der Waals surface area contributed by atoms with Crippen LogP contribution in [0.15, 0.2) is 48.8 Å². The summed E-state index contributed by atoms with van der Waals surface area (Å²) < 4.78 is 0. The maximum atomic E-state index is 11.3. The molecule has 0 saturated heterocycles. The Bertz CT molecular complexity index is 872. The summed E-state index contributed by atoms with van der Waals surface area (Å²) in [6.45, 7) is 0.873. The monoisotopic (exact) mass is 336 g/mol. The third kappa shape index (κ3) is 3.92. The van der Waals surface area contributed by atoms with Gasteiger partial charge in [-0.25, -0.2) is 9.78 Å². The second-order valence-corrected chi connectivity index (χ2v) is 6.08. The Labute approximate surface area is 146 Å². The van der Waals surface area contributed by atoms with Crippen molar-refractivity contribution in [2.75, 3.05) is 20.6 Å². The molecule has 0 aliphatic carbocycles. The molecule has 0 unspecified atom stereocenters. The number of benzene rings is 1. The normalized spacial score (nSPS) is 11.0. The maximum Gasteiger partial charge on any atom is 0.335 e. The van der Waals surface area contributed by atoms with Crippen molar-refractivity contribution in [3.05, 3.63) is 60.2 Å². The predicted molar refractivity (Wildman–Crippen MR) is 96.5 cm³/mol. The number of carboxylic acid groups (broad SMARTS) is 1. The second kappa shape index (κ2) is 7.27. The third-order valence-electron chi connectivity index (χ3n) is 3.90. The maximum absolute atomic E-state index is 11.3. The van der Waals surface area contributed by atoms with Gasteiger partial charge in [-0.2, -0.15) is 0 Å². The zero-order chi connectivity index (χ0) is 17.8. The van der Waals surface area contributed by atoms with Crippen LogP contribution in [0.3, 0.4) is 0 Å². The van der Waals surface area contributed by atoms with Crippen LogP contribution < -0.4 is 0 Å². The number of H-pyrrole nitrogens is 1. The van der Waals surface area contributed by atoms with Gasteiger partial charge in [0.15, 0.2) is 0 Å². The van der Waals surface area contributed by atoms with E-state index >= 15 is 0 Å². The lowest BCUT2D eigenvalue weighted by molar-refractivity contribution is 0.0697. The minimum atomic E-state index is -0.948. The number of aromatic amines is 1. The fourth-order valence-electron chi connectivity index (χ4n) is 2.61. The highest BCUT2D eigenvalue weighted by Crippen LogP contribution is 2.30. The zero-order valence-corrected chi connectivity index (χ0v) is 14.2. The predicted octanol–water partition coefficient (Wildman–Crippen LogP) is 2.94. The summed E-state index contributed by atoms with van der Waals surface area (Å²) in [4.78, 5) is 25.6. The lowest BCUT2D eigenvalue weighted by Crippen LogP contribution is -2.15. The van der Waals surface area contributed by atoms with Gasteiger partial charge in [-0.15, -0.1) is 0 Å². The Morgan fingerprint density at radius 2 is 1.92 bits per heavy atom. The van der Waals surface area contributed by atoms with Gasteiger partial charge < -0.3 is 15.0 Å². The summed E-state index contributed by atoms with van der Waals surface area (Å²) in [5, 5.41) is 9.25. The number of aromatic nitrogens is 3. The molecule has 0 fully saturated rings. The number of carboxylic acids is 1. The van der Waals surface area contributed by atoms with Gasteiger partial charge in [0.1, 0.15) is 5.82 Å². The van der Waals surface area contributed by atoms with Crippen LogP contribution in [0.4, 0.5) is 0 Å². The van der Waals surface area contributed by atoms with Gasteiger partial charge in [0, 0.05) is 36.5 Å². The quantitative estimate of drug-likeness (QED) is 0.723. The van der Waals surface area contributed by atoms with Crippen molar-refractivity contribution in [1.29, 1.82) is 0 Å². The Morgan fingerprint density at radius 3 is 2.60 bits per heavy atom. The number of nitrogens with one attached hydrogen (secondary N) is 1. The largest absolute Gasteiger partial charge is 0.478 e. The first kappa shape index (κ1) is 16.9. The Morgan fingerprint density at radius 1 is 1.16 bits per heavy atom. The molecular weight excluding hydrogens is 316 g/mol. The zero-order valence-electron chi connectivity index (χ0n) is 14.2. The van der Waals surface area contributed by atoms with Crippen LogP contribution in [0.1, 0.15) is 16.2 Å². The van der Waals surface area contributed by atoms with E-state index in [9.17, 15) is 9.90 Å². The van der Waals surface area contributed by atoms with Gasteiger partial charge in [-0.3, -0.25) is 4.98 Å². The molecule has 2 aromatic heterocycles. The number of nitrogens with zero attached hydrogens (tertiary/aromatic N) is 3. The van der Waals surface area contributed by atoms with E-state index < -0.39 is 5.97 Å².